The van der Waals surface area contributed by atoms with E-state index in [0.717, 1.165) is 11.4 Å². The van der Waals surface area contributed by atoms with E-state index in [-0.39, 0.29) is 11.7 Å². The van der Waals surface area contributed by atoms with Crippen LogP contribution >= 0.6 is 11.8 Å². The van der Waals surface area contributed by atoms with Crippen LogP contribution < -0.4 is 19.5 Å². The number of methoxy groups -OCH3 is 3. The zero-order valence-corrected chi connectivity index (χ0v) is 19.1. The molecular weight excluding hydrogens is 444 g/mol. The van der Waals surface area contributed by atoms with E-state index in [0.29, 0.717) is 33.9 Å². The predicted molar refractivity (Wildman–Crippen MR) is 125 cm³/mol. The number of benzene rings is 2. The second-order valence-corrected chi connectivity index (χ2v) is 7.67. The Balaban J connectivity index is 1.54. The van der Waals surface area contributed by atoms with Crippen LogP contribution in [0.25, 0.3) is 17.3 Å². The molecular formula is C23H22N4O5S. The minimum atomic E-state index is -0.198. The highest BCUT2D eigenvalue weighted by Crippen LogP contribution is 2.31. The van der Waals surface area contributed by atoms with Crippen molar-refractivity contribution in [2.75, 3.05) is 32.4 Å². The largest absolute Gasteiger partial charge is 0.497 e. The highest BCUT2D eigenvalue weighted by atomic mass is 32.2. The topological polar surface area (TPSA) is 101 Å². The van der Waals surface area contributed by atoms with Crippen molar-refractivity contribution in [1.29, 1.82) is 0 Å². The lowest BCUT2D eigenvalue weighted by atomic mass is 10.2. The maximum atomic E-state index is 12.6. The van der Waals surface area contributed by atoms with Gasteiger partial charge in [-0.15, -0.1) is 10.2 Å². The SMILES string of the molecule is COc1ccc(-n2c(SCC(=O)Nc3ccc(OC)c(OC)c3)nnc2-c2ccco2)cc1. The van der Waals surface area contributed by atoms with Crippen LogP contribution in [-0.4, -0.2) is 47.8 Å². The first-order valence-corrected chi connectivity index (χ1v) is 10.9. The van der Waals surface area contributed by atoms with Crippen molar-refractivity contribution >= 4 is 23.4 Å². The van der Waals surface area contributed by atoms with Gasteiger partial charge in [0, 0.05) is 11.8 Å². The molecule has 10 heteroatoms. The molecule has 0 aliphatic carbocycles. The molecule has 1 amide bonds. The van der Waals surface area contributed by atoms with Crippen LogP contribution in [0, 0.1) is 0 Å². The lowest BCUT2D eigenvalue weighted by Crippen LogP contribution is -2.14. The highest BCUT2D eigenvalue weighted by Gasteiger charge is 2.19. The summed E-state index contributed by atoms with van der Waals surface area (Å²) in [6, 6.07) is 16.3. The van der Waals surface area contributed by atoms with E-state index in [4.69, 9.17) is 18.6 Å². The van der Waals surface area contributed by atoms with E-state index in [2.05, 4.69) is 15.5 Å². The first-order chi connectivity index (χ1) is 16.1. The summed E-state index contributed by atoms with van der Waals surface area (Å²) in [5, 5.41) is 12.0. The average Bonchev–Trinajstić information content (AvgIpc) is 3.52. The van der Waals surface area contributed by atoms with Crippen molar-refractivity contribution in [2.45, 2.75) is 5.16 Å². The van der Waals surface area contributed by atoms with E-state index in [1.54, 1.807) is 51.9 Å². The Morgan fingerprint density at radius 3 is 2.45 bits per heavy atom. The maximum Gasteiger partial charge on any atom is 0.234 e. The van der Waals surface area contributed by atoms with Crippen LogP contribution in [0.4, 0.5) is 5.69 Å². The number of rotatable bonds is 9. The fraction of sp³-hybridized carbons (Fsp3) is 0.174. The number of amides is 1. The van der Waals surface area contributed by atoms with Crippen LogP contribution in [0.5, 0.6) is 17.2 Å². The smallest absolute Gasteiger partial charge is 0.234 e. The third-order valence-electron chi connectivity index (χ3n) is 4.71. The van der Waals surface area contributed by atoms with Crippen LogP contribution in [0.1, 0.15) is 0 Å². The summed E-state index contributed by atoms with van der Waals surface area (Å²) >= 11 is 1.26. The molecule has 0 radical (unpaired) electrons. The fourth-order valence-electron chi connectivity index (χ4n) is 3.13. The summed E-state index contributed by atoms with van der Waals surface area (Å²) in [4.78, 5) is 12.6. The van der Waals surface area contributed by atoms with Gasteiger partial charge < -0.3 is 23.9 Å². The Morgan fingerprint density at radius 1 is 1.00 bits per heavy atom. The minimum absolute atomic E-state index is 0.126. The van der Waals surface area contributed by atoms with Gasteiger partial charge in [-0.1, -0.05) is 11.8 Å². The summed E-state index contributed by atoms with van der Waals surface area (Å²) in [6.45, 7) is 0. The molecule has 0 atom stereocenters. The van der Waals surface area contributed by atoms with Crippen molar-refractivity contribution in [1.82, 2.24) is 14.8 Å². The molecule has 0 saturated carbocycles. The number of thioether (sulfide) groups is 1. The van der Waals surface area contributed by atoms with Gasteiger partial charge in [0.25, 0.3) is 0 Å². The molecule has 0 aliphatic heterocycles. The van der Waals surface area contributed by atoms with Gasteiger partial charge in [0.1, 0.15) is 5.75 Å². The number of aromatic nitrogens is 3. The molecule has 0 fully saturated rings. The molecule has 4 aromatic rings. The zero-order chi connectivity index (χ0) is 23.2. The second-order valence-electron chi connectivity index (χ2n) is 6.72. The second kappa shape index (κ2) is 10.1. The number of ether oxygens (including phenoxy) is 3. The minimum Gasteiger partial charge on any atom is -0.497 e. The third-order valence-corrected chi connectivity index (χ3v) is 5.63. The van der Waals surface area contributed by atoms with Crippen molar-refractivity contribution in [2.24, 2.45) is 0 Å². The number of furan rings is 1. The van der Waals surface area contributed by atoms with Gasteiger partial charge in [-0.2, -0.15) is 0 Å². The Morgan fingerprint density at radius 2 is 1.79 bits per heavy atom. The molecule has 170 valence electrons. The van der Waals surface area contributed by atoms with Gasteiger partial charge >= 0.3 is 0 Å². The first-order valence-electron chi connectivity index (χ1n) is 9.91. The average molecular weight is 467 g/mol. The van der Waals surface area contributed by atoms with Crippen LogP contribution in [0.3, 0.4) is 0 Å². The van der Waals surface area contributed by atoms with Crippen LogP contribution in [0.15, 0.2) is 70.4 Å². The summed E-state index contributed by atoms with van der Waals surface area (Å²) in [5.74, 6) is 2.88. The molecule has 0 saturated heterocycles. The monoisotopic (exact) mass is 466 g/mol. The molecule has 0 bridgehead atoms. The van der Waals surface area contributed by atoms with Crippen molar-refractivity contribution < 1.29 is 23.4 Å². The maximum absolute atomic E-state index is 12.6. The molecule has 4 rings (SSSR count). The van der Waals surface area contributed by atoms with E-state index in [1.165, 1.54) is 11.8 Å². The van der Waals surface area contributed by atoms with Gasteiger partial charge in [-0.25, -0.2) is 0 Å². The summed E-state index contributed by atoms with van der Waals surface area (Å²) < 4.78 is 23.1. The molecule has 0 aliphatic rings. The number of anilines is 1. The van der Waals surface area contributed by atoms with E-state index in [9.17, 15) is 4.79 Å². The van der Waals surface area contributed by atoms with Gasteiger partial charge in [-0.05, 0) is 48.5 Å². The number of nitrogens with one attached hydrogen (secondary N) is 1. The number of hydrogen-bond donors (Lipinski definition) is 1. The van der Waals surface area contributed by atoms with E-state index in [1.807, 2.05) is 34.9 Å². The zero-order valence-electron chi connectivity index (χ0n) is 18.3. The Labute approximate surface area is 194 Å². The van der Waals surface area contributed by atoms with Gasteiger partial charge in [0.05, 0.1) is 39.0 Å². The molecule has 9 nitrogen and oxygen atoms in total. The standard InChI is InChI=1S/C23H22N4O5S/c1-29-17-9-7-16(8-10-17)27-22(19-5-4-12-32-19)25-26-23(27)33-14-21(28)24-15-6-11-18(30-2)20(13-15)31-3/h4-13H,14H2,1-3H3,(H,24,28). The lowest BCUT2D eigenvalue weighted by Gasteiger charge is -2.11. The number of carbonyl (C=O) groups is 1. The first kappa shape index (κ1) is 22.3. The molecule has 0 unspecified atom stereocenters. The quantitative estimate of drug-likeness (QED) is 0.365. The van der Waals surface area contributed by atoms with Crippen LogP contribution in [-0.2, 0) is 4.79 Å². The van der Waals surface area contributed by atoms with Crippen molar-refractivity contribution in [3.63, 3.8) is 0 Å². The normalized spacial score (nSPS) is 10.6. The Hall–Kier alpha value is -3.92. The summed E-state index contributed by atoms with van der Waals surface area (Å²) in [5.41, 5.74) is 1.42. The molecule has 2 heterocycles. The van der Waals surface area contributed by atoms with Gasteiger partial charge in [-0.3, -0.25) is 9.36 Å². The van der Waals surface area contributed by atoms with Crippen molar-refractivity contribution in [3.8, 4) is 34.5 Å². The fourth-order valence-corrected chi connectivity index (χ4v) is 3.89. The Kier molecular flexibility index (Phi) is 6.84. The van der Waals surface area contributed by atoms with E-state index < -0.39 is 0 Å². The Bertz CT molecular complexity index is 1220. The van der Waals surface area contributed by atoms with Gasteiger partial charge in [0.15, 0.2) is 22.4 Å². The molecule has 0 spiro atoms. The number of carbonyl (C=O) groups excluding carboxylic acids is 1. The van der Waals surface area contributed by atoms with Crippen LogP contribution in [0.2, 0.25) is 0 Å². The molecule has 2 aromatic heterocycles. The molecule has 33 heavy (non-hydrogen) atoms. The van der Waals surface area contributed by atoms with Gasteiger partial charge in [0.2, 0.25) is 11.7 Å². The third kappa shape index (κ3) is 4.96. The summed E-state index contributed by atoms with van der Waals surface area (Å²) in [6.07, 6.45) is 1.58. The van der Waals surface area contributed by atoms with Crippen molar-refractivity contribution in [3.05, 3.63) is 60.9 Å². The number of hydrogen-bond acceptors (Lipinski definition) is 8. The van der Waals surface area contributed by atoms with E-state index >= 15 is 0 Å². The molecule has 2 aromatic carbocycles. The highest BCUT2D eigenvalue weighted by molar-refractivity contribution is 7.99. The number of nitrogens with zero attached hydrogens (tertiary/aromatic N) is 3. The summed E-state index contributed by atoms with van der Waals surface area (Å²) in [7, 11) is 4.71. The lowest BCUT2D eigenvalue weighted by molar-refractivity contribution is -0.113. The predicted octanol–water partition coefficient (Wildman–Crippen LogP) is 4.28. The molecule has 1 N–H and O–H groups in total.